The molecule has 0 saturated carbocycles. The van der Waals surface area contributed by atoms with E-state index in [4.69, 9.17) is 10.8 Å². The number of amides is 1. The summed E-state index contributed by atoms with van der Waals surface area (Å²) in [5.41, 5.74) is 7.04. The first-order chi connectivity index (χ1) is 8.47. The predicted octanol–water partition coefficient (Wildman–Crippen LogP) is 1.26. The Hall–Kier alpha value is -2.30. The van der Waals surface area contributed by atoms with E-state index >= 15 is 0 Å². The van der Waals surface area contributed by atoms with E-state index in [9.17, 15) is 9.59 Å². The number of aliphatic carboxylic acids is 1. The van der Waals surface area contributed by atoms with E-state index in [-0.39, 0.29) is 12.3 Å². The maximum absolute atomic E-state index is 11.5. The number of hydrogen-bond acceptors (Lipinski definition) is 3. The number of hydrogen-bond donors (Lipinski definition) is 3. The lowest BCUT2D eigenvalue weighted by Gasteiger charge is -2.08. The van der Waals surface area contributed by atoms with Crippen molar-refractivity contribution in [2.75, 3.05) is 5.73 Å². The molecule has 4 N–H and O–H groups in total. The molecule has 1 aromatic rings. The van der Waals surface area contributed by atoms with E-state index < -0.39 is 12.0 Å². The van der Waals surface area contributed by atoms with Crippen molar-refractivity contribution in [3.63, 3.8) is 0 Å². The molecule has 0 aliphatic heterocycles. The summed E-state index contributed by atoms with van der Waals surface area (Å²) < 4.78 is 0. The van der Waals surface area contributed by atoms with E-state index in [1.54, 1.807) is 31.2 Å². The first-order valence-corrected chi connectivity index (χ1v) is 5.53. The van der Waals surface area contributed by atoms with E-state index in [1.807, 2.05) is 6.07 Å². The van der Waals surface area contributed by atoms with Crippen LogP contribution in [0.4, 0.5) is 5.69 Å². The van der Waals surface area contributed by atoms with Gasteiger partial charge in [0.15, 0.2) is 0 Å². The Morgan fingerprint density at radius 3 is 2.83 bits per heavy atom. The second-order valence-electron chi connectivity index (χ2n) is 4.01. The van der Waals surface area contributed by atoms with Crippen LogP contribution in [0.3, 0.4) is 0 Å². The molecule has 1 aromatic carbocycles. The van der Waals surface area contributed by atoms with Crippen LogP contribution in [0.5, 0.6) is 0 Å². The normalized spacial score (nSPS) is 12.3. The molecule has 0 fully saturated rings. The topological polar surface area (TPSA) is 92.4 Å². The van der Waals surface area contributed by atoms with Gasteiger partial charge < -0.3 is 16.2 Å². The average Bonchev–Trinajstić information content (AvgIpc) is 2.25. The summed E-state index contributed by atoms with van der Waals surface area (Å²) in [6.45, 7) is 1.64. The van der Waals surface area contributed by atoms with Gasteiger partial charge in [-0.2, -0.15) is 0 Å². The Kier molecular flexibility index (Phi) is 4.92. The third kappa shape index (κ3) is 5.16. The van der Waals surface area contributed by atoms with Crippen molar-refractivity contribution in [2.45, 2.75) is 19.4 Å². The maximum atomic E-state index is 11.5. The van der Waals surface area contributed by atoms with E-state index in [0.29, 0.717) is 5.69 Å². The molecule has 5 heteroatoms. The van der Waals surface area contributed by atoms with Gasteiger partial charge in [-0.15, -0.1) is 0 Å². The molecule has 1 atom stereocenters. The second kappa shape index (κ2) is 6.44. The molecule has 5 nitrogen and oxygen atoms in total. The number of nitrogens with two attached hydrogens (primary N) is 1. The molecule has 0 heterocycles. The lowest BCUT2D eigenvalue weighted by Crippen LogP contribution is -2.32. The smallest absolute Gasteiger partial charge is 0.305 e. The van der Waals surface area contributed by atoms with Crippen LogP contribution in [0.1, 0.15) is 18.9 Å². The summed E-state index contributed by atoms with van der Waals surface area (Å²) in [4.78, 5) is 21.9. The number of carbonyl (C=O) groups excluding carboxylic acids is 1. The zero-order valence-electron chi connectivity index (χ0n) is 10.1. The van der Waals surface area contributed by atoms with Gasteiger partial charge in [-0.25, -0.2) is 0 Å². The van der Waals surface area contributed by atoms with E-state index in [0.717, 1.165) is 5.56 Å². The first-order valence-electron chi connectivity index (χ1n) is 5.53. The number of carboxylic acids is 1. The molecule has 0 bridgehead atoms. The van der Waals surface area contributed by atoms with Gasteiger partial charge in [-0.1, -0.05) is 12.1 Å². The summed E-state index contributed by atoms with van der Waals surface area (Å²) >= 11 is 0. The molecule has 1 unspecified atom stereocenters. The molecule has 0 aliphatic carbocycles. The first kappa shape index (κ1) is 13.8. The Morgan fingerprint density at radius 1 is 1.50 bits per heavy atom. The number of nitrogen functional groups attached to an aromatic ring is 1. The van der Waals surface area contributed by atoms with Gasteiger partial charge in [-0.3, -0.25) is 9.59 Å². The Balaban J connectivity index is 2.52. The summed E-state index contributed by atoms with van der Waals surface area (Å²) in [6, 6.07) is 6.71. The third-order valence-corrected chi connectivity index (χ3v) is 2.21. The van der Waals surface area contributed by atoms with Crippen molar-refractivity contribution >= 4 is 23.6 Å². The molecule has 96 valence electrons. The minimum atomic E-state index is -0.942. The third-order valence-electron chi connectivity index (χ3n) is 2.21. The van der Waals surface area contributed by atoms with Crippen molar-refractivity contribution in [1.82, 2.24) is 5.32 Å². The van der Waals surface area contributed by atoms with Crippen molar-refractivity contribution in [1.29, 1.82) is 0 Å². The summed E-state index contributed by atoms with van der Waals surface area (Å²) in [7, 11) is 0. The molecule has 1 rings (SSSR count). The lowest BCUT2D eigenvalue weighted by molar-refractivity contribution is -0.137. The van der Waals surface area contributed by atoms with Crippen molar-refractivity contribution in [2.24, 2.45) is 0 Å². The zero-order valence-corrected chi connectivity index (χ0v) is 10.1. The van der Waals surface area contributed by atoms with Crippen molar-refractivity contribution in [3.8, 4) is 0 Å². The number of nitrogens with one attached hydrogen (secondary N) is 1. The largest absolute Gasteiger partial charge is 0.481 e. The molecule has 0 aromatic heterocycles. The molecule has 0 saturated heterocycles. The van der Waals surface area contributed by atoms with Gasteiger partial charge in [0.2, 0.25) is 5.91 Å². The van der Waals surface area contributed by atoms with Crippen molar-refractivity contribution in [3.05, 3.63) is 35.9 Å². The van der Waals surface area contributed by atoms with E-state index in [2.05, 4.69) is 5.32 Å². The van der Waals surface area contributed by atoms with Gasteiger partial charge in [-0.05, 0) is 30.7 Å². The van der Waals surface area contributed by atoms with Gasteiger partial charge in [0.25, 0.3) is 0 Å². The fraction of sp³-hybridized carbons (Fsp3) is 0.231. The fourth-order valence-electron chi connectivity index (χ4n) is 1.44. The Bertz CT molecular complexity index is 469. The highest BCUT2D eigenvalue weighted by atomic mass is 16.4. The quantitative estimate of drug-likeness (QED) is 0.540. The highest BCUT2D eigenvalue weighted by Crippen LogP contribution is 2.07. The number of rotatable bonds is 5. The van der Waals surface area contributed by atoms with Crippen LogP contribution in [0.25, 0.3) is 6.08 Å². The van der Waals surface area contributed by atoms with Crippen LogP contribution in [0.2, 0.25) is 0 Å². The van der Waals surface area contributed by atoms with Crippen LogP contribution < -0.4 is 11.1 Å². The fourth-order valence-corrected chi connectivity index (χ4v) is 1.44. The van der Waals surface area contributed by atoms with Gasteiger partial charge in [0.1, 0.15) is 0 Å². The maximum Gasteiger partial charge on any atom is 0.305 e. The van der Waals surface area contributed by atoms with Crippen LogP contribution >= 0.6 is 0 Å². The SMILES string of the molecule is CC(CC(=O)O)NC(=O)/C=C/c1cccc(N)c1. The summed E-state index contributed by atoms with van der Waals surface area (Å²) in [5.74, 6) is -1.27. The second-order valence-corrected chi connectivity index (χ2v) is 4.01. The monoisotopic (exact) mass is 248 g/mol. The van der Waals surface area contributed by atoms with Gasteiger partial charge >= 0.3 is 5.97 Å². The number of carbonyl (C=O) groups is 2. The average molecular weight is 248 g/mol. The van der Waals surface area contributed by atoms with Crippen molar-refractivity contribution < 1.29 is 14.7 Å². The van der Waals surface area contributed by atoms with Gasteiger partial charge in [0.05, 0.1) is 6.42 Å². The van der Waals surface area contributed by atoms with Crippen LogP contribution in [-0.2, 0) is 9.59 Å². The van der Waals surface area contributed by atoms with Crippen LogP contribution in [0.15, 0.2) is 30.3 Å². The minimum absolute atomic E-state index is 0.0993. The summed E-state index contributed by atoms with van der Waals surface area (Å²) in [5, 5.41) is 11.1. The molecular weight excluding hydrogens is 232 g/mol. The number of benzene rings is 1. The molecule has 0 radical (unpaired) electrons. The standard InChI is InChI=1S/C13H16N2O3/c1-9(7-13(17)18)15-12(16)6-5-10-3-2-4-11(14)8-10/h2-6,8-9H,7,14H2,1H3,(H,15,16)(H,17,18)/b6-5+. The molecule has 18 heavy (non-hydrogen) atoms. The zero-order chi connectivity index (χ0) is 13.5. The van der Waals surface area contributed by atoms with E-state index in [1.165, 1.54) is 6.08 Å². The Labute approximate surface area is 105 Å². The predicted molar refractivity (Wildman–Crippen MR) is 69.7 cm³/mol. The number of anilines is 1. The summed E-state index contributed by atoms with van der Waals surface area (Å²) in [6.07, 6.45) is 2.88. The molecule has 1 amide bonds. The molecule has 0 aliphatic rings. The van der Waals surface area contributed by atoms with Gasteiger partial charge in [0, 0.05) is 17.8 Å². The Morgan fingerprint density at radius 2 is 2.22 bits per heavy atom. The minimum Gasteiger partial charge on any atom is -0.481 e. The van der Waals surface area contributed by atoms with Crippen LogP contribution in [0, 0.1) is 0 Å². The molecule has 0 spiro atoms. The van der Waals surface area contributed by atoms with Crippen LogP contribution in [-0.4, -0.2) is 23.0 Å². The molecular formula is C13H16N2O3. The lowest BCUT2D eigenvalue weighted by atomic mass is 10.2. The highest BCUT2D eigenvalue weighted by Gasteiger charge is 2.08. The highest BCUT2D eigenvalue weighted by molar-refractivity contribution is 5.92. The number of carboxylic acid groups (broad SMARTS) is 1.